The summed E-state index contributed by atoms with van der Waals surface area (Å²) in [7, 11) is 3.20. The van der Waals surface area contributed by atoms with Gasteiger partial charge in [-0.2, -0.15) is 0 Å². The number of nitrogens with one attached hydrogen (secondary N) is 1. The quantitative estimate of drug-likeness (QED) is 0.713. The van der Waals surface area contributed by atoms with Crippen LogP contribution < -0.4 is 10.1 Å². The van der Waals surface area contributed by atoms with E-state index in [1.807, 2.05) is 13.8 Å². The van der Waals surface area contributed by atoms with Crippen molar-refractivity contribution in [2.24, 2.45) is 5.92 Å². The number of amides is 2. The third-order valence-corrected chi connectivity index (χ3v) is 4.57. The molecule has 0 aliphatic heterocycles. The first-order valence-electron chi connectivity index (χ1n) is 9.25. The van der Waals surface area contributed by atoms with Crippen molar-refractivity contribution in [3.05, 3.63) is 65.2 Å². The van der Waals surface area contributed by atoms with E-state index in [2.05, 4.69) is 5.32 Å². The van der Waals surface area contributed by atoms with E-state index in [4.69, 9.17) is 9.84 Å². The molecule has 2 amide bonds. The Labute approximate surface area is 170 Å². The highest BCUT2D eigenvalue weighted by molar-refractivity contribution is 5.97. The van der Waals surface area contributed by atoms with E-state index in [0.29, 0.717) is 17.9 Å². The van der Waals surface area contributed by atoms with Crippen LogP contribution in [0.2, 0.25) is 0 Å². The molecular formula is C22H26N2O5. The summed E-state index contributed by atoms with van der Waals surface area (Å²) in [6, 6.07) is 12.3. The Balaban J connectivity index is 2.06. The van der Waals surface area contributed by atoms with Crippen LogP contribution in [0, 0.1) is 5.92 Å². The Bertz CT molecular complexity index is 860. The molecule has 0 bridgehead atoms. The minimum absolute atomic E-state index is 0.110. The smallest absolute Gasteiger partial charge is 0.335 e. The maximum absolute atomic E-state index is 12.9. The molecule has 7 nitrogen and oxygen atoms in total. The monoisotopic (exact) mass is 398 g/mol. The molecule has 1 atom stereocenters. The number of carbonyl (C=O) groups is 3. The molecule has 2 aromatic rings. The first kappa shape index (κ1) is 21.9. The average molecular weight is 398 g/mol. The van der Waals surface area contributed by atoms with Gasteiger partial charge in [0.25, 0.3) is 5.91 Å². The molecule has 2 aromatic carbocycles. The maximum Gasteiger partial charge on any atom is 0.335 e. The molecule has 0 aromatic heterocycles. The normalized spacial score (nSPS) is 11.6. The van der Waals surface area contributed by atoms with E-state index in [1.54, 1.807) is 50.6 Å². The molecule has 154 valence electrons. The number of hydrogen-bond donors (Lipinski definition) is 2. The van der Waals surface area contributed by atoms with E-state index < -0.39 is 12.0 Å². The van der Waals surface area contributed by atoms with E-state index in [9.17, 15) is 14.4 Å². The second-order valence-electron chi connectivity index (χ2n) is 7.12. The number of likely N-dealkylation sites (N-methyl/N-ethyl adjacent to an activating group) is 1. The van der Waals surface area contributed by atoms with E-state index >= 15 is 0 Å². The average Bonchev–Trinajstić information content (AvgIpc) is 2.71. The highest BCUT2D eigenvalue weighted by Crippen LogP contribution is 2.14. The van der Waals surface area contributed by atoms with E-state index in [-0.39, 0.29) is 23.3 Å². The zero-order valence-electron chi connectivity index (χ0n) is 17.0. The van der Waals surface area contributed by atoms with Crippen molar-refractivity contribution in [3.63, 3.8) is 0 Å². The zero-order valence-corrected chi connectivity index (χ0v) is 17.0. The lowest BCUT2D eigenvalue weighted by atomic mass is 10.0. The molecule has 29 heavy (non-hydrogen) atoms. The van der Waals surface area contributed by atoms with Crippen LogP contribution in [0.5, 0.6) is 5.75 Å². The van der Waals surface area contributed by atoms with Crippen LogP contribution in [0.1, 0.15) is 40.1 Å². The second kappa shape index (κ2) is 9.73. The number of aromatic carboxylic acids is 1. The standard InChI is InChI=1S/C22H26N2O5/c1-14(2)19(23-20(25)16-9-11-18(29-4)12-10-16)21(26)24(3)13-15-5-7-17(8-6-15)22(27)28/h5-12,14,19H,13H2,1-4H3,(H,23,25)(H,27,28). The largest absolute Gasteiger partial charge is 0.497 e. The van der Waals surface area contributed by atoms with Gasteiger partial charge in [0, 0.05) is 19.2 Å². The fourth-order valence-electron chi connectivity index (χ4n) is 2.82. The predicted octanol–water partition coefficient (Wildman–Crippen LogP) is 2.81. The molecule has 0 saturated carbocycles. The number of hydrogen-bond acceptors (Lipinski definition) is 4. The molecule has 2 rings (SSSR count). The fourth-order valence-corrected chi connectivity index (χ4v) is 2.82. The van der Waals surface area contributed by atoms with Crippen molar-refractivity contribution in [1.82, 2.24) is 10.2 Å². The van der Waals surface area contributed by atoms with Crippen LogP contribution in [0.4, 0.5) is 0 Å². The third kappa shape index (κ3) is 5.81. The maximum atomic E-state index is 12.9. The highest BCUT2D eigenvalue weighted by atomic mass is 16.5. The molecule has 0 radical (unpaired) electrons. The van der Waals surface area contributed by atoms with Gasteiger partial charge < -0.3 is 20.1 Å². The van der Waals surface area contributed by atoms with Crippen LogP contribution >= 0.6 is 0 Å². The van der Waals surface area contributed by atoms with Gasteiger partial charge in [-0.15, -0.1) is 0 Å². The molecule has 2 N–H and O–H groups in total. The number of ether oxygens (including phenoxy) is 1. The molecule has 7 heteroatoms. The summed E-state index contributed by atoms with van der Waals surface area (Å²) in [4.78, 5) is 38.0. The minimum Gasteiger partial charge on any atom is -0.497 e. The fraction of sp³-hybridized carbons (Fsp3) is 0.318. The highest BCUT2D eigenvalue weighted by Gasteiger charge is 2.27. The number of benzene rings is 2. The third-order valence-electron chi connectivity index (χ3n) is 4.57. The minimum atomic E-state index is -0.998. The molecule has 0 spiro atoms. The van der Waals surface area contributed by atoms with Crippen LogP contribution in [0.3, 0.4) is 0 Å². The Morgan fingerprint density at radius 2 is 1.55 bits per heavy atom. The summed E-state index contributed by atoms with van der Waals surface area (Å²) >= 11 is 0. The van der Waals surface area contributed by atoms with Crippen molar-refractivity contribution in [2.45, 2.75) is 26.4 Å². The van der Waals surface area contributed by atoms with Crippen molar-refractivity contribution < 1.29 is 24.2 Å². The lowest BCUT2D eigenvalue weighted by molar-refractivity contribution is -0.133. The lowest BCUT2D eigenvalue weighted by Crippen LogP contribution is -2.50. The molecule has 0 saturated heterocycles. The van der Waals surface area contributed by atoms with Gasteiger partial charge in [-0.05, 0) is 47.9 Å². The second-order valence-corrected chi connectivity index (χ2v) is 7.12. The van der Waals surface area contributed by atoms with Crippen molar-refractivity contribution in [2.75, 3.05) is 14.2 Å². The summed E-state index contributed by atoms with van der Waals surface area (Å²) in [5, 5.41) is 11.8. The van der Waals surface area contributed by atoms with Crippen LogP contribution in [0.15, 0.2) is 48.5 Å². The Kier molecular flexibility index (Phi) is 7.36. The van der Waals surface area contributed by atoms with E-state index in [0.717, 1.165) is 5.56 Å². The van der Waals surface area contributed by atoms with Crippen LogP contribution in [-0.4, -0.2) is 48.0 Å². The summed E-state index contributed by atoms with van der Waals surface area (Å²) < 4.78 is 5.09. The number of nitrogens with zero attached hydrogens (tertiary/aromatic N) is 1. The van der Waals surface area contributed by atoms with Gasteiger partial charge in [-0.25, -0.2) is 4.79 Å². The molecule has 1 unspecified atom stereocenters. The van der Waals surface area contributed by atoms with Gasteiger partial charge in [-0.3, -0.25) is 9.59 Å². The first-order chi connectivity index (χ1) is 13.7. The van der Waals surface area contributed by atoms with E-state index in [1.165, 1.54) is 17.0 Å². The van der Waals surface area contributed by atoms with Gasteiger partial charge in [0.05, 0.1) is 12.7 Å². The van der Waals surface area contributed by atoms with Crippen molar-refractivity contribution in [3.8, 4) is 5.75 Å². The molecular weight excluding hydrogens is 372 g/mol. The van der Waals surface area contributed by atoms with Gasteiger partial charge in [-0.1, -0.05) is 26.0 Å². The SMILES string of the molecule is COc1ccc(C(=O)NC(C(=O)N(C)Cc2ccc(C(=O)O)cc2)C(C)C)cc1. The summed E-state index contributed by atoms with van der Waals surface area (Å²) in [5.74, 6) is -1.02. The summed E-state index contributed by atoms with van der Waals surface area (Å²) in [6.45, 7) is 4.04. The Hall–Kier alpha value is -3.35. The lowest BCUT2D eigenvalue weighted by Gasteiger charge is -2.27. The van der Waals surface area contributed by atoms with Gasteiger partial charge in [0.2, 0.25) is 5.91 Å². The number of carboxylic acids is 1. The summed E-state index contributed by atoms with van der Waals surface area (Å²) in [5.41, 5.74) is 1.43. The molecule has 0 aliphatic carbocycles. The number of carbonyl (C=O) groups excluding carboxylic acids is 2. The first-order valence-corrected chi connectivity index (χ1v) is 9.25. The Morgan fingerprint density at radius 3 is 2.03 bits per heavy atom. The summed E-state index contributed by atoms with van der Waals surface area (Å²) in [6.07, 6.45) is 0. The van der Waals surface area contributed by atoms with Gasteiger partial charge in [0.1, 0.15) is 11.8 Å². The molecule has 0 fully saturated rings. The predicted molar refractivity (Wildman–Crippen MR) is 109 cm³/mol. The number of rotatable bonds is 8. The number of methoxy groups -OCH3 is 1. The molecule has 0 heterocycles. The van der Waals surface area contributed by atoms with Crippen LogP contribution in [0.25, 0.3) is 0 Å². The van der Waals surface area contributed by atoms with Gasteiger partial charge in [0.15, 0.2) is 0 Å². The van der Waals surface area contributed by atoms with Crippen LogP contribution in [-0.2, 0) is 11.3 Å². The number of carboxylic acid groups (broad SMARTS) is 1. The molecule has 0 aliphatic rings. The van der Waals surface area contributed by atoms with Gasteiger partial charge >= 0.3 is 5.97 Å². The zero-order chi connectivity index (χ0) is 21.6. The topological polar surface area (TPSA) is 95.9 Å². The van der Waals surface area contributed by atoms with Crippen molar-refractivity contribution in [1.29, 1.82) is 0 Å². The Morgan fingerprint density at radius 1 is 1.00 bits per heavy atom. The van der Waals surface area contributed by atoms with Crippen molar-refractivity contribution >= 4 is 17.8 Å².